The van der Waals surface area contributed by atoms with E-state index in [1.54, 1.807) is 6.07 Å². The lowest BCUT2D eigenvalue weighted by Gasteiger charge is -2.05. The number of aryl methyl sites for hydroxylation is 1. The Labute approximate surface area is 159 Å². The lowest BCUT2D eigenvalue weighted by atomic mass is 10.2. The third-order valence-electron chi connectivity index (χ3n) is 4.04. The standard InChI is InChI=1S/C18H14Cl2N4S/c1-2-24-15-6-4-3-5-13(15)16-17(24)21-18(23-22-16)25-10-11-7-8-12(19)9-14(11)20/h3-9H,2,10H2,1H3. The van der Waals surface area contributed by atoms with Gasteiger partial charge in [0.2, 0.25) is 5.16 Å². The highest BCUT2D eigenvalue weighted by atomic mass is 35.5. The monoisotopic (exact) mass is 388 g/mol. The third kappa shape index (κ3) is 3.08. The molecule has 0 atom stereocenters. The highest BCUT2D eigenvalue weighted by Crippen LogP contribution is 2.29. The Morgan fingerprint density at radius 3 is 2.72 bits per heavy atom. The zero-order valence-corrected chi connectivity index (χ0v) is 15.7. The third-order valence-corrected chi connectivity index (χ3v) is 5.52. The molecule has 7 heteroatoms. The number of halogens is 2. The van der Waals surface area contributed by atoms with Crippen LogP contribution in [0.1, 0.15) is 12.5 Å². The Morgan fingerprint density at radius 1 is 1.08 bits per heavy atom. The van der Waals surface area contributed by atoms with Crippen LogP contribution >= 0.6 is 35.0 Å². The van der Waals surface area contributed by atoms with Crippen molar-refractivity contribution in [3.8, 4) is 0 Å². The predicted molar refractivity (Wildman–Crippen MR) is 105 cm³/mol. The summed E-state index contributed by atoms with van der Waals surface area (Å²) in [5.41, 5.74) is 3.83. The summed E-state index contributed by atoms with van der Waals surface area (Å²) in [6.07, 6.45) is 0. The number of rotatable bonds is 4. The molecule has 0 saturated carbocycles. The minimum Gasteiger partial charge on any atom is -0.324 e. The number of hydrogen-bond donors (Lipinski definition) is 0. The van der Waals surface area contributed by atoms with Gasteiger partial charge >= 0.3 is 0 Å². The summed E-state index contributed by atoms with van der Waals surface area (Å²) in [5, 5.41) is 11.7. The van der Waals surface area contributed by atoms with Crippen molar-refractivity contribution in [2.45, 2.75) is 24.4 Å². The van der Waals surface area contributed by atoms with Gasteiger partial charge in [-0.25, -0.2) is 4.98 Å². The van der Waals surface area contributed by atoms with Crippen molar-refractivity contribution in [2.75, 3.05) is 0 Å². The molecular weight excluding hydrogens is 375 g/mol. The van der Waals surface area contributed by atoms with Crippen molar-refractivity contribution in [2.24, 2.45) is 0 Å². The number of thioether (sulfide) groups is 1. The first kappa shape index (κ1) is 16.6. The van der Waals surface area contributed by atoms with Crippen molar-refractivity contribution in [3.05, 3.63) is 58.1 Å². The molecule has 4 aromatic rings. The molecule has 2 aromatic carbocycles. The summed E-state index contributed by atoms with van der Waals surface area (Å²) in [5.74, 6) is 0.662. The lowest BCUT2D eigenvalue weighted by molar-refractivity contribution is 0.789. The van der Waals surface area contributed by atoms with E-state index in [1.807, 2.05) is 24.3 Å². The first-order chi connectivity index (χ1) is 12.2. The first-order valence-corrected chi connectivity index (χ1v) is 9.60. The molecule has 0 amide bonds. The van der Waals surface area contributed by atoms with Gasteiger partial charge in [-0.3, -0.25) is 0 Å². The number of hydrogen-bond acceptors (Lipinski definition) is 4. The Kier molecular flexibility index (Phi) is 4.54. The quantitative estimate of drug-likeness (QED) is 0.426. The summed E-state index contributed by atoms with van der Waals surface area (Å²) < 4.78 is 2.17. The zero-order chi connectivity index (χ0) is 17.4. The summed E-state index contributed by atoms with van der Waals surface area (Å²) in [7, 11) is 0. The van der Waals surface area contributed by atoms with Crippen LogP contribution in [0, 0.1) is 0 Å². The molecule has 126 valence electrons. The van der Waals surface area contributed by atoms with Crippen LogP contribution < -0.4 is 0 Å². The zero-order valence-electron chi connectivity index (χ0n) is 13.4. The van der Waals surface area contributed by atoms with Crippen LogP contribution in [-0.2, 0) is 12.3 Å². The van der Waals surface area contributed by atoms with E-state index < -0.39 is 0 Å². The highest BCUT2D eigenvalue weighted by molar-refractivity contribution is 7.98. The molecular formula is C18H14Cl2N4S. The number of nitrogens with zero attached hydrogens (tertiary/aromatic N) is 4. The molecule has 0 saturated heterocycles. The SMILES string of the molecule is CCn1c2ccccc2c2nnc(SCc3ccc(Cl)cc3Cl)nc21. The van der Waals surface area contributed by atoms with E-state index >= 15 is 0 Å². The van der Waals surface area contributed by atoms with E-state index in [-0.39, 0.29) is 0 Å². The van der Waals surface area contributed by atoms with E-state index in [9.17, 15) is 0 Å². The van der Waals surface area contributed by atoms with Crippen LogP contribution in [0.3, 0.4) is 0 Å². The van der Waals surface area contributed by atoms with Crippen LogP contribution in [0.15, 0.2) is 47.6 Å². The number of para-hydroxylation sites is 1. The van der Waals surface area contributed by atoms with Gasteiger partial charge in [0.1, 0.15) is 5.52 Å². The maximum Gasteiger partial charge on any atom is 0.211 e. The van der Waals surface area contributed by atoms with E-state index in [2.05, 4.69) is 33.8 Å². The fourth-order valence-corrected chi connectivity index (χ4v) is 4.19. The average Bonchev–Trinajstić information content (AvgIpc) is 2.94. The predicted octanol–water partition coefficient (Wildman–Crippen LogP) is 5.60. The van der Waals surface area contributed by atoms with Crippen molar-refractivity contribution in [1.29, 1.82) is 0 Å². The first-order valence-electron chi connectivity index (χ1n) is 7.85. The summed E-state index contributed by atoms with van der Waals surface area (Å²) >= 11 is 13.7. The molecule has 0 spiro atoms. The molecule has 25 heavy (non-hydrogen) atoms. The molecule has 0 aliphatic heterocycles. The molecule has 0 unspecified atom stereocenters. The number of benzene rings is 2. The van der Waals surface area contributed by atoms with Gasteiger partial charge in [0.25, 0.3) is 0 Å². The van der Waals surface area contributed by atoms with Crippen molar-refractivity contribution in [1.82, 2.24) is 19.7 Å². The van der Waals surface area contributed by atoms with Crippen molar-refractivity contribution in [3.63, 3.8) is 0 Å². The topological polar surface area (TPSA) is 43.6 Å². The van der Waals surface area contributed by atoms with E-state index in [4.69, 9.17) is 28.2 Å². The molecule has 2 heterocycles. The Morgan fingerprint density at radius 2 is 1.92 bits per heavy atom. The average molecular weight is 389 g/mol. The second kappa shape index (κ2) is 6.83. The van der Waals surface area contributed by atoms with Gasteiger partial charge in [-0.2, -0.15) is 0 Å². The van der Waals surface area contributed by atoms with Gasteiger partial charge in [-0.05, 0) is 30.7 Å². The Bertz CT molecular complexity index is 1080. The minimum absolute atomic E-state index is 0.630. The van der Waals surface area contributed by atoms with Gasteiger partial charge in [0.05, 0.1) is 5.52 Å². The second-order valence-electron chi connectivity index (χ2n) is 5.55. The number of fused-ring (bicyclic) bond motifs is 3. The molecule has 0 fully saturated rings. The van der Waals surface area contributed by atoms with E-state index in [0.717, 1.165) is 34.2 Å². The van der Waals surface area contributed by atoms with Gasteiger partial charge < -0.3 is 4.57 Å². The maximum absolute atomic E-state index is 6.23. The number of aromatic nitrogens is 4. The molecule has 0 radical (unpaired) electrons. The smallest absolute Gasteiger partial charge is 0.211 e. The van der Waals surface area contributed by atoms with Gasteiger partial charge in [-0.15, -0.1) is 10.2 Å². The normalized spacial score (nSPS) is 11.5. The van der Waals surface area contributed by atoms with Crippen molar-refractivity contribution < 1.29 is 0 Å². The fourth-order valence-electron chi connectivity index (χ4n) is 2.85. The maximum atomic E-state index is 6.23. The van der Waals surface area contributed by atoms with Crippen molar-refractivity contribution >= 4 is 57.0 Å². The lowest BCUT2D eigenvalue weighted by Crippen LogP contribution is -1.98. The van der Waals surface area contributed by atoms with Crippen LogP contribution in [0.4, 0.5) is 0 Å². The summed E-state index contributed by atoms with van der Waals surface area (Å²) in [6.45, 7) is 2.93. The Hall–Kier alpha value is -1.82. The molecule has 0 aliphatic rings. The summed E-state index contributed by atoms with van der Waals surface area (Å²) in [4.78, 5) is 4.73. The van der Waals surface area contributed by atoms with E-state index in [1.165, 1.54) is 11.8 Å². The minimum atomic E-state index is 0.630. The van der Waals surface area contributed by atoms with E-state index in [0.29, 0.717) is 21.0 Å². The highest BCUT2D eigenvalue weighted by Gasteiger charge is 2.14. The molecule has 0 aliphatic carbocycles. The molecule has 0 bridgehead atoms. The molecule has 4 rings (SSSR count). The molecule has 4 nitrogen and oxygen atoms in total. The van der Waals surface area contributed by atoms with Gasteiger partial charge in [-0.1, -0.05) is 59.2 Å². The van der Waals surface area contributed by atoms with Gasteiger partial charge in [0, 0.05) is 27.7 Å². The molecule has 2 aromatic heterocycles. The van der Waals surface area contributed by atoms with Crippen LogP contribution in [0.5, 0.6) is 0 Å². The van der Waals surface area contributed by atoms with Crippen LogP contribution in [0.25, 0.3) is 22.1 Å². The van der Waals surface area contributed by atoms with Crippen LogP contribution in [-0.4, -0.2) is 19.7 Å². The summed E-state index contributed by atoms with van der Waals surface area (Å²) in [6, 6.07) is 13.7. The molecule has 0 N–H and O–H groups in total. The second-order valence-corrected chi connectivity index (χ2v) is 7.34. The fraction of sp³-hybridized carbons (Fsp3) is 0.167. The van der Waals surface area contributed by atoms with Gasteiger partial charge in [0.15, 0.2) is 5.65 Å². The largest absolute Gasteiger partial charge is 0.324 e. The Balaban J connectivity index is 1.70. The van der Waals surface area contributed by atoms with Crippen LogP contribution in [0.2, 0.25) is 10.0 Å².